The molecule has 5 nitrogen and oxygen atoms in total. The number of aliphatic carboxylic acids is 1. The predicted octanol–water partition coefficient (Wildman–Crippen LogP) is 2.32. The molecular formula is C14H13Cl2NO4. The SMILES string of the molecule is O=C(O)[C@@H]1COCCN1C(=O)/C=C\c1cccc(Cl)c1Cl. The van der Waals surface area contributed by atoms with Crippen LogP contribution in [-0.4, -0.2) is 47.7 Å². The third-order valence-corrected chi connectivity index (χ3v) is 3.92. The zero-order valence-electron chi connectivity index (χ0n) is 11.0. The van der Waals surface area contributed by atoms with Crippen molar-refractivity contribution in [2.24, 2.45) is 0 Å². The minimum absolute atomic E-state index is 0.00711. The maximum atomic E-state index is 12.1. The van der Waals surface area contributed by atoms with Crippen molar-refractivity contribution in [2.75, 3.05) is 19.8 Å². The van der Waals surface area contributed by atoms with Gasteiger partial charge < -0.3 is 14.7 Å². The smallest absolute Gasteiger partial charge is 0.328 e. The molecule has 1 N–H and O–H groups in total. The van der Waals surface area contributed by atoms with E-state index in [1.165, 1.54) is 17.1 Å². The number of amides is 1. The number of halogens is 2. The number of rotatable bonds is 3. The van der Waals surface area contributed by atoms with Crippen molar-refractivity contribution in [3.63, 3.8) is 0 Å². The number of carboxylic acids is 1. The van der Waals surface area contributed by atoms with Crippen LogP contribution in [0.3, 0.4) is 0 Å². The molecule has 1 atom stereocenters. The molecule has 1 amide bonds. The summed E-state index contributed by atoms with van der Waals surface area (Å²) in [7, 11) is 0. The zero-order valence-corrected chi connectivity index (χ0v) is 12.5. The number of benzene rings is 1. The Morgan fingerprint density at radius 1 is 1.38 bits per heavy atom. The molecule has 0 spiro atoms. The van der Waals surface area contributed by atoms with Crippen molar-refractivity contribution in [3.05, 3.63) is 39.9 Å². The first kappa shape index (κ1) is 15.8. The van der Waals surface area contributed by atoms with Gasteiger partial charge in [0.25, 0.3) is 0 Å². The maximum Gasteiger partial charge on any atom is 0.328 e. The van der Waals surface area contributed by atoms with Crippen LogP contribution in [0.25, 0.3) is 6.08 Å². The van der Waals surface area contributed by atoms with Crippen molar-refractivity contribution < 1.29 is 19.4 Å². The highest BCUT2D eigenvalue weighted by atomic mass is 35.5. The number of carboxylic acid groups (broad SMARTS) is 1. The van der Waals surface area contributed by atoms with E-state index in [9.17, 15) is 9.59 Å². The molecule has 1 saturated heterocycles. The van der Waals surface area contributed by atoms with Crippen LogP contribution in [0.2, 0.25) is 10.0 Å². The summed E-state index contributed by atoms with van der Waals surface area (Å²) in [5, 5.41) is 9.82. The number of morpholine rings is 1. The van der Waals surface area contributed by atoms with Crippen LogP contribution in [0, 0.1) is 0 Å². The largest absolute Gasteiger partial charge is 0.480 e. The summed E-state index contributed by atoms with van der Waals surface area (Å²) in [5.74, 6) is -1.49. The van der Waals surface area contributed by atoms with Crippen LogP contribution in [0.4, 0.5) is 0 Å². The fraction of sp³-hybridized carbons (Fsp3) is 0.286. The van der Waals surface area contributed by atoms with Gasteiger partial charge in [-0.3, -0.25) is 4.79 Å². The first-order valence-corrected chi connectivity index (χ1v) is 6.99. The Kier molecular flexibility index (Phi) is 5.22. The van der Waals surface area contributed by atoms with E-state index in [4.69, 9.17) is 33.0 Å². The summed E-state index contributed by atoms with van der Waals surface area (Å²) >= 11 is 11.9. The van der Waals surface area contributed by atoms with E-state index in [1.807, 2.05) is 0 Å². The first-order chi connectivity index (χ1) is 10.0. The second-order valence-electron chi connectivity index (χ2n) is 4.44. The van der Waals surface area contributed by atoms with Crippen LogP contribution in [0.1, 0.15) is 5.56 Å². The molecule has 1 aromatic carbocycles. The van der Waals surface area contributed by atoms with Gasteiger partial charge in [-0.15, -0.1) is 0 Å². The average Bonchev–Trinajstić information content (AvgIpc) is 2.48. The molecule has 2 rings (SSSR count). The molecular weight excluding hydrogens is 317 g/mol. The molecule has 112 valence electrons. The minimum atomic E-state index is -1.09. The van der Waals surface area contributed by atoms with Gasteiger partial charge in [-0.05, 0) is 17.7 Å². The van der Waals surface area contributed by atoms with Crippen molar-refractivity contribution >= 4 is 41.2 Å². The molecule has 0 bridgehead atoms. The lowest BCUT2D eigenvalue weighted by Gasteiger charge is -2.32. The summed E-state index contributed by atoms with van der Waals surface area (Å²) in [6.45, 7) is 0.553. The van der Waals surface area contributed by atoms with Gasteiger partial charge in [0, 0.05) is 12.6 Å². The molecule has 1 heterocycles. The second-order valence-corrected chi connectivity index (χ2v) is 5.22. The standard InChI is InChI=1S/C14H13Cl2NO4/c15-10-3-1-2-9(13(10)16)4-5-12(18)17-6-7-21-8-11(17)14(19)20/h1-5,11H,6-8H2,(H,19,20)/b5-4-/t11-/m0/s1. The average molecular weight is 330 g/mol. The molecule has 1 aliphatic rings. The Balaban J connectivity index is 2.14. The van der Waals surface area contributed by atoms with Crippen LogP contribution >= 0.6 is 23.2 Å². The van der Waals surface area contributed by atoms with E-state index in [-0.39, 0.29) is 13.2 Å². The van der Waals surface area contributed by atoms with Gasteiger partial charge in [0.2, 0.25) is 5.91 Å². The van der Waals surface area contributed by atoms with Gasteiger partial charge in [0.15, 0.2) is 6.04 Å². The van der Waals surface area contributed by atoms with Crippen molar-refractivity contribution in [1.82, 2.24) is 4.90 Å². The van der Waals surface area contributed by atoms with Crippen LogP contribution in [-0.2, 0) is 14.3 Å². The van der Waals surface area contributed by atoms with Crippen LogP contribution < -0.4 is 0 Å². The Morgan fingerprint density at radius 3 is 2.86 bits per heavy atom. The molecule has 1 aromatic rings. The van der Waals surface area contributed by atoms with Crippen LogP contribution in [0.15, 0.2) is 24.3 Å². The van der Waals surface area contributed by atoms with Crippen molar-refractivity contribution in [1.29, 1.82) is 0 Å². The van der Waals surface area contributed by atoms with E-state index in [0.717, 1.165) is 0 Å². The third-order valence-electron chi connectivity index (χ3n) is 3.08. The Hall–Kier alpha value is -1.56. The van der Waals surface area contributed by atoms with E-state index < -0.39 is 17.9 Å². The molecule has 0 aliphatic carbocycles. The summed E-state index contributed by atoms with van der Waals surface area (Å²) in [6.07, 6.45) is 2.81. The molecule has 0 saturated carbocycles. The van der Waals surface area contributed by atoms with Gasteiger partial charge >= 0.3 is 5.97 Å². The fourth-order valence-electron chi connectivity index (χ4n) is 1.98. The first-order valence-electron chi connectivity index (χ1n) is 6.24. The monoisotopic (exact) mass is 329 g/mol. The van der Waals surface area contributed by atoms with Crippen molar-refractivity contribution in [2.45, 2.75) is 6.04 Å². The normalized spacial score (nSPS) is 19.0. The molecule has 1 fully saturated rings. The highest BCUT2D eigenvalue weighted by molar-refractivity contribution is 6.42. The van der Waals surface area contributed by atoms with E-state index in [2.05, 4.69) is 0 Å². The van der Waals surface area contributed by atoms with Crippen LogP contribution in [0.5, 0.6) is 0 Å². The molecule has 0 radical (unpaired) electrons. The summed E-state index contributed by atoms with van der Waals surface area (Å²) < 4.78 is 5.08. The molecule has 0 unspecified atom stereocenters. The number of nitrogens with zero attached hydrogens (tertiary/aromatic N) is 1. The number of carbonyl (C=O) groups excluding carboxylic acids is 1. The van der Waals surface area contributed by atoms with Gasteiger partial charge in [0.05, 0.1) is 23.3 Å². The minimum Gasteiger partial charge on any atom is -0.480 e. The lowest BCUT2D eigenvalue weighted by atomic mass is 10.2. The molecule has 21 heavy (non-hydrogen) atoms. The second kappa shape index (κ2) is 6.93. The number of hydrogen-bond acceptors (Lipinski definition) is 3. The number of ether oxygens (including phenoxy) is 1. The van der Waals surface area contributed by atoms with Gasteiger partial charge in [0.1, 0.15) is 0 Å². The van der Waals surface area contributed by atoms with Gasteiger partial charge in [-0.25, -0.2) is 4.79 Å². The third kappa shape index (κ3) is 3.75. The highest BCUT2D eigenvalue weighted by Crippen LogP contribution is 2.26. The fourth-order valence-corrected chi connectivity index (χ4v) is 2.35. The lowest BCUT2D eigenvalue weighted by molar-refractivity contribution is -0.156. The highest BCUT2D eigenvalue weighted by Gasteiger charge is 2.31. The number of carbonyl (C=O) groups is 2. The predicted molar refractivity (Wildman–Crippen MR) is 79.5 cm³/mol. The zero-order chi connectivity index (χ0) is 15.4. The van der Waals surface area contributed by atoms with E-state index >= 15 is 0 Å². The number of hydrogen-bond donors (Lipinski definition) is 1. The molecule has 1 aliphatic heterocycles. The Morgan fingerprint density at radius 2 is 2.14 bits per heavy atom. The summed E-state index contributed by atoms with van der Waals surface area (Å²) in [4.78, 5) is 24.5. The Labute approximate surface area is 131 Å². The Bertz CT molecular complexity index is 588. The van der Waals surface area contributed by atoms with E-state index in [0.29, 0.717) is 22.2 Å². The van der Waals surface area contributed by atoms with Crippen molar-refractivity contribution in [3.8, 4) is 0 Å². The van der Waals surface area contributed by atoms with Gasteiger partial charge in [-0.1, -0.05) is 35.3 Å². The quantitative estimate of drug-likeness (QED) is 0.864. The lowest BCUT2D eigenvalue weighted by Crippen LogP contribution is -2.52. The maximum absolute atomic E-state index is 12.1. The molecule has 0 aromatic heterocycles. The summed E-state index contributed by atoms with van der Waals surface area (Å²) in [5.41, 5.74) is 0.595. The topological polar surface area (TPSA) is 66.8 Å². The van der Waals surface area contributed by atoms with Gasteiger partial charge in [-0.2, -0.15) is 0 Å². The summed E-state index contributed by atoms with van der Waals surface area (Å²) in [6, 6.07) is 4.11. The van der Waals surface area contributed by atoms with E-state index in [1.54, 1.807) is 18.2 Å². The molecule has 7 heteroatoms.